The predicted octanol–water partition coefficient (Wildman–Crippen LogP) is 5.91. The Kier molecular flexibility index (Phi) is 8.79. The lowest BCUT2D eigenvalue weighted by Gasteiger charge is -2.28. The molecule has 2 aromatic rings. The van der Waals surface area contributed by atoms with E-state index in [1.54, 1.807) is 6.92 Å². The summed E-state index contributed by atoms with van der Waals surface area (Å²) in [5.74, 6) is 0.823. The zero-order valence-corrected chi connectivity index (χ0v) is 20.6. The Morgan fingerprint density at radius 1 is 1.23 bits per heavy atom. The number of hydrogen-bond donors (Lipinski definition) is 3. The van der Waals surface area contributed by atoms with Gasteiger partial charge in [-0.05, 0) is 61.0 Å². The van der Waals surface area contributed by atoms with E-state index in [1.807, 2.05) is 24.3 Å². The molecule has 0 aromatic heterocycles. The molecule has 0 bridgehead atoms. The largest absolute Gasteiger partial charge is 0.508 e. The van der Waals surface area contributed by atoms with Crippen LogP contribution >= 0.6 is 0 Å². The molecular weight excluding hydrogens is 438 g/mol. The number of benzene rings is 2. The Morgan fingerprint density at radius 2 is 1.97 bits per heavy atom. The number of hydrogen-bond acceptors (Lipinski definition) is 5. The Bertz CT molecular complexity index is 1120. The summed E-state index contributed by atoms with van der Waals surface area (Å²) in [6.45, 7) is 17.0. The van der Waals surface area contributed by atoms with Gasteiger partial charge in [-0.1, -0.05) is 51.3 Å². The summed E-state index contributed by atoms with van der Waals surface area (Å²) in [5, 5.41) is 15.8. The molecule has 0 saturated heterocycles. The van der Waals surface area contributed by atoms with Gasteiger partial charge in [-0.15, -0.1) is 0 Å². The molecule has 2 aromatic carbocycles. The smallest absolute Gasteiger partial charge is 0.246 e. The zero-order chi connectivity index (χ0) is 25.4. The molecule has 3 rings (SSSR count). The van der Waals surface area contributed by atoms with Crippen molar-refractivity contribution in [3.8, 4) is 5.75 Å². The molecule has 6 heteroatoms. The van der Waals surface area contributed by atoms with Gasteiger partial charge in [0.2, 0.25) is 5.91 Å². The Balaban J connectivity index is 1.61. The second-order valence-electron chi connectivity index (χ2n) is 8.62. The fraction of sp³-hybridized carbons (Fsp3) is 0.276. The van der Waals surface area contributed by atoms with E-state index in [2.05, 4.69) is 60.4 Å². The predicted molar refractivity (Wildman–Crippen MR) is 143 cm³/mol. The highest BCUT2D eigenvalue weighted by Crippen LogP contribution is 2.35. The average molecular weight is 474 g/mol. The molecule has 6 nitrogen and oxygen atoms in total. The van der Waals surface area contributed by atoms with Crippen molar-refractivity contribution in [3.63, 3.8) is 0 Å². The SMILES string of the molecule is C=CNC(=O)C(CCC)N1Cc2cc(CNc3ccc(OC/C(C)=C(\O)C=C)cc3)ccc2C1=C. The molecule has 0 spiro atoms. The van der Waals surface area contributed by atoms with Gasteiger partial charge in [0.1, 0.15) is 24.2 Å². The highest BCUT2D eigenvalue weighted by Gasteiger charge is 2.32. The second kappa shape index (κ2) is 12.0. The Hall–Kier alpha value is -3.93. The minimum absolute atomic E-state index is 0.0474. The first kappa shape index (κ1) is 25.7. The maximum atomic E-state index is 12.6. The molecule has 1 aliphatic heterocycles. The van der Waals surface area contributed by atoms with Crippen LogP contribution in [0.2, 0.25) is 0 Å². The van der Waals surface area contributed by atoms with Gasteiger partial charge in [0.05, 0.1) is 0 Å². The average Bonchev–Trinajstić information content (AvgIpc) is 3.19. The van der Waals surface area contributed by atoms with Crippen LogP contribution in [-0.2, 0) is 17.9 Å². The van der Waals surface area contributed by atoms with Crippen LogP contribution in [0.5, 0.6) is 5.75 Å². The summed E-state index contributed by atoms with van der Waals surface area (Å²) < 4.78 is 5.71. The van der Waals surface area contributed by atoms with E-state index in [4.69, 9.17) is 4.74 Å². The van der Waals surface area contributed by atoms with Gasteiger partial charge in [-0.25, -0.2) is 0 Å². The van der Waals surface area contributed by atoms with E-state index in [9.17, 15) is 9.90 Å². The number of nitrogens with zero attached hydrogens (tertiary/aromatic N) is 1. The van der Waals surface area contributed by atoms with E-state index in [-0.39, 0.29) is 17.7 Å². The van der Waals surface area contributed by atoms with Crippen LogP contribution in [0.4, 0.5) is 5.69 Å². The van der Waals surface area contributed by atoms with E-state index < -0.39 is 0 Å². The van der Waals surface area contributed by atoms with Gasteiger partial charge in [0.25, 0.3) is 0 Å². The number of fused-ring (bicyclic) bond motifs is 1. The van der Waals surface area contributed by atoms with Crippen LogP contribution in [0.25, 0.3) is 5.70 Å². The van der Waals surface area contributed by atoms with E-state index in [0.717, 1.165) is 46.7 Å². The number of anilines is 1. The monoisotopic (exact) mass is 473 g/mol. The first-order valence-electron chi connectivity index (χ1n) is 11.8. The molecule has 1 atom stereocenters. The lowest BCUT2D eigenvalue weighted by molar-refractivity contribution is -0.124. The van der Waals surface area contributed by atoms with Crippen LogP contribution in [0.1, 0.15) is 43.4 Å². The van der Waals surface area contributed by atoms with E-state index in [1.165, 1.54) is 17.8 Å². The molecule has 0 radical (unpaired) electrons. The summed E-state index contributed by atoms with van der Waals surface area (Å²) in [6.07, 6.45) is 4.50. The lowest BCUT2D eigenvalue weighted by atomic mass is 10.1. The molecule has 0 saturated carbocycles. The van der Waals surface area contributed by atoms with Gasteiger partial charge < -0.3 is 25.4 Å². The number of carbonyl (C=O) groups excluding carboxylic acids is 1. The normalized spacial score (nSPS) is 14.0. The zero-order valence-electron chi connectivity index (χ0n) is 20.6. The third-order valence-electron chi connectivity index (χ3n) is 6.09. The number of carbonyl (C=O) groups is 1. The van der Waals surface area contributed by atoms with Crippen molar-refractivity contribution in [3.05, 3.63) is 102 Å². The number of nitrogens with one attached hydrogen (secondary N) is 2. The maximum absolute atomic E-state index is 12.6. The number of aliphatic hydroxyl groups excluding tert-OH is 1. The number of allylic oxidation sites excluding steroid dienone is 1. The molecule has 0 aliphatic carbocycles. The topological polar surface area (TPSA) is 73.8 Å². The second-order valence-corrected chi connectivity index (χ2v) is 8.62. The lowest BCUT2D eigenvalue weighted by Crippen LogP contribution is -2.42. The molecule has 1 unspecified atom stereocenters. The fourth-order valence-electron chi connectivity index (χ4n) is 4.11. The van der Waals surface area contributed by atoms with Crippen LogP contribution < -0.4 is 15.4 Å². The molecule has 184 valence electrons. The summed E-state index contributed by atoms with van der Waals surface area (Å²) in [6, 6.07) is 13.8. The summed E-state index contributed by atoms with van der Waals surface area (Å²) in [5.41, 5.74) is 6.02. The van der Waals surface area contributed by atoms with E-state index in [0.29, 0.717) is 19.7 Å². The van der Waals surface area contributed by atoms with Crippen molar-refractivity contribution in [2.24, 2.45) is 0 Å². The highest BCUT2D eigenvalue weighted by molar-refractivity contribution is 5.85. The molecule has 35 heavy (non-hydrogen) atoms. The van der Waals surface area contributed by atoms with Crippen LogP contribution in [0.15, 0.2) is 85.8 Å². The standard InChI is InChI=1S/C29H35N3O3/c1-6-9-27(29(34)30-8-3)32-18-23-16-22(10-15-26(23)21(32)5)17-31-24-11-13-25(14-12-24)35-19-20(4)28(33)7-2/h7-8,10-16,27,31,33H,2-3,5-6,9,17-19H2,1,4H3,(H,30,34)/b28-20-. The van der Waals surface area contributed by atoms with Gasteiger partial charge in [-0.3, -0.25) is 4.79 Å². The fourth-order valence-corrected chi connectivity index (χ4v) is 4.11. The Morgan fingerprint density at radius 3 is 2.63 bits per heavy atom. The molecule has 3 N–H and O–H groups in total. The summed E-state index contributed by atoms with van der Waals surface area (Å²) in [4.78, 5) is 14.7. The Labute approximate surface area is 208 Å². The van der Waals surface area contributed by atoms with Gasteiger partial charge in [-0.2, -0.15) is 0 Å². The van der Waals surface area contributed by atoms with Crippen molar-refractivity contribution in [2.45, 2.75) is 45.8 Å². The van der Waals surface area contributed by atoms with Crippen molar-refractivity contribution in [2.75, 3.05) is 11.9 Å². The molecule has 0 fully saturated rings. The van der Waals surface area contributed by atoms with Crippen LogP contribution in [0, 0.1) is 0 Å². The van der Waals surface area contributed by atoms with Crippen LogP contribution in [0.3, 0.4) is 0 Å². The minimum Gasteiger partial charge on any atom is -0.508 e. The van der Waals surface area contributed by atoms with E-state index >= 15 is 0 Å². The third-order valence-corrected chi connectivity index (χ3v) is 6.09. The molecule has 1 aliphatic rings. The first-order valence-corrected chi connectivity index (χ1v) is 11.8. The summed E-state index contributed by atoms with van der Waals surface area (Å²) >= 11 is 0. The number of aliphatic hydroxyl groups is 1. The summed E-state index contributed by atoms with van der Waals surface area (Å²) in [7, 11) is 0. The molecule has 1 amide bonds. The van der Waals surface area contributed by atoms with Crippen molar-refractivity contribution in [1.29, 1.82) is 0 Å². The van der Waals surface area contributed by atoms with Gasteiger partial charge >= 0.3 is 0 Å². The molecule has 1 heterocycles. The van der Waals surface area contributed by atoms with Gasteiger partial charge in [0.15, 0.2) is 0 Å². The maximum Gasteiger partial charge on any atom is 0.246 e. The minimum atomic E-state index is -0.264. The number of ether oxygens (including phenoxy) is 1. The first-order chi connectivity index (χ1) is 16.9. The van der Waals surface area contributed by atoms with Crippen molar-refractivity contribution < 1.29 is 14.6 Å². The van der Waals surface area contributed by atoms with Crippen molar-refractivity contribution in [1.82, 2.24) is 10.2 Å². The third kappa shape index (κ3) is 6.35. The highest BCUT2D eigenvalue weighted by atomic mass is 16.5. The molecular formula is C29H35N3O3. The van der Waals surface area contributed by atoms with Gasteiger partial charge in [0, 0.05) is 35.6 Å². The quantitative estimate of drug-likeness (QED) is 0.264. The number of amides is 1. The van der Waals surface area contributed by atoms with Crippen molar-refractivity contribution >= 4 is 17.3 Å². The van der Waals surface area contributed by atoms with Crippen LogP contribution in [-0.4, -0.2) is 28.6 Å². The number of rotatable bonds is 12.